The predicted molar refractivity (Wildman–Crippen MR) is 116 cm³/mol. The Balaban J connectivity index is 2.52. The van der Waals surface area contributed by atoms with Crippen LogP contribution in [-0.4, -0.2) is 36.0 Å². The van der Waals surface area contributed by atoms with Gasteiger partial charge in [-0.3, -0.25) is 9.78 Å². The maximum Gasteiger partial charge on any atom is 0.269 e. The number of nitrogens with zero attached hydrogens (tertiary/aromatic N) is 2. The molecular weight excluding hydrogens is 350 g/mol. The summed E-state index contributed by atoms with van der Waals surface area (Å²) in [4.78, 5) is 21.3. The summed E-state index contributed by atoms with van der Waals surface area (Å²) in [6.07, 6.45) is 4.65. The molecule has 2 aromatic rings. The Bertz CT molecular complexity index is 862. The molecule has 1 amide bonds. The second-order valence-electron chi connectivity index (χ2n) is 7.05. The maximum atomic E-state index is 12.3. The molecule has 2 atom stereocenters. The van der Waals surface area contributed by atoms with Gasteiger partial charge in [-0.2, -0.15) is 0 Å². The molecule has 6 heteroatoms. The smallest absolute Gasteiger partial charge is 0.269 e. The molecule has 2 aromatic heterocycles. The van der Waals surface area contributed by atoms with Gasteiger partial charge in [0.25, 0.3) is 5.91 Å². The standard InChI is InChI=1S/C22H31N5O/c1-8-13(2)26-16(5)17-9-19(27-20(10-17)22(28)24-7)14(3)18-11-25-12-21(23-6)15(18)4/h9-14,23,26H,5,8H2,1-4,6-7H3,(H,24,28)/t13-,14+/m1/s1. The molecule has 6 nitrogen and oxygen atoms in total. The lowest BCUT2D eigenvalue weighted by molar-refractivity contribution is 0.0958. The van der Waals surface area contributed by atoms with Gasteiger partial charge in [0.05, 0.1) is 11.9 Å². The van der Waals surface area contributed by atoms with Crippen LogP contribution >= 0.6 is 0 Å². The van der Waals surface area contributed by atoms with Gasteiger partial charge in [0.1, 0.15) is 5.69 Å². The number of hydrogen-bond donors (Lipinski definition) is 3. The predicted octanol–water partition coefficient (Wildman–Crippen LogP) is 3.70. The van der Waals surface area contributed by atoms with Crippen LogP contribution in [0.15, 0.2) is 31.1 Å². The zero-order valence-electron chi connectivity index (χ0n) is 17.7. The molecule has 0 aromatic carbocycles. The third-order valence-electron chi connectivity index (χ3n) is 5.12. The number of carbonyl (C=O) groups is 1. The number of hydrogen-bond acceptors (Lipinski definition) is 5. The average Bonchev–Trinajstić information content (AvgIpc) is 2.72. The fourth-order valence-electron chi connectivity index (χ4n) is 3.06. The van der Waals surface area contributed by atoms with Crippen molar-refractivity contribution in [2.75, 3.05) is 19.4 Å². The van der Waals surface area contributed by atoms with Crippen molar-refractivity contribution >= 4 is 17.3 Å². The second-order valence-corrected chi connectivity index (χ2v) is 7.05. The number of anilines is 1. The molecule has 0 fully saturated rings. The van der Waals surface area contributed by atoms with Crippen molar-refractivity contribution in [3.63, 3.8) is 0 Å². The van der Waals surface area contributed by atoms with E-state index in [-0.39, 0.29) is 11.8 Å². The van der Waals surface area contributed by atoms with Gasteiger partial charge < -0.3 is 16.0 Å². The number of nitrogens with one attached hydrogen (secondary N) is 3. The van der Waals surface area contributed by atoms with Crippen molar-refractivity contribution in [1.82, 2.24) is 20.6 Å². The molecule has 0 bridgehead atoms. The van der Waals surface area contributed by atoms with Crippen LogP contribution in [0.5, 0.6) is 0 Å². The fraction of sp³-hybridized carbons (Fsp3) is 0.409. The molecular formula is C22H31N5O. The summed E-state index contributed by atoms with van der Waals surface area (Å²) < 4.78 is 0. The Labute approximate surface area is 167 Å². The SMILES string of the molecule is C=C(N[C@H](C)CC)c1cc(C(=O)NC)nc([C@@H](C)c2cncc(NC)c2C)c1. The van der Waals surface area contributed by atoms with E-state index in [0.29, 0.717) is 11.7 Å². The molecule has 0 aliphatic heterocycles. The molecule has 0 saturated heterocycles. The van der Waals surface area contributed by atoms with Crippen LogP contribution in [0.1, 0.15) is 66.0 Å². The number of amides is 1. The molecule has 0 radical (unpaired) electrons. The Morgan fingerprint density at radius 2 is 1.93 bits per heavy atom. The van der Waals surface area contributed by atoms with Gasteiger partial charge in [-0.25, -0.2) is 4.98 Å². The summed E-state index contributed by atoms with van der Waals surface area (Å²) in [5.74, 6) is -0.244. The van der Waals surface area contributed by atoms with Gasteiger partial charge in [-0.1, -0.05) is 20.4 Å². The first-order valence-corrected chi connectivity index (χ1v) is 9.64. The summed E-state index contributed by atoms with van der Waals surface area (Å²) in [6.45, 7) is 12.5. The van der Waals surface area contributed by atoms with Crippen molar-refractivity contribution in [1.29, 1.82) is 0 Å². The van der Waals surface area contributed by atoms with E-state index in [4.69, 9.17) is 0 Å². The molecule has 0 unspecified atom stereocenters. The van der Waals surface area contributed by atoms with Gasteiger partial charge >= 0.3 is 0 Å². The Morgan fingerprint density at radius 1 is 1.21 bits per heavy atom. The molecule has 0 spiro atoms. The van der Waals surface area contributed by atoms with Crippen molar-refractivity contribution in [2.45, 2.75) is 46.1 Å². The summed E-state index contributed by atoms with van der Waals surface area (Å²) in [5, 5.41) is 9.22. The second kappa shape index (κ2) is 9.35. The molecule has 3 N–H and O–H groups in total. The van der Waals surface area contributed by atoms with Crippen molar-refractivity contribution in [3.8, 4) is 0 Å². The van der Waals surface area contributed by atoms with Crippen LogP contribution in [0.4, 0.5) is 5.69 Å². The topological polar surface area (TPSA) is 78.9 Å². The van der Waals surface area contributed by atoms with E-state index in [1.54, 1.807) is 13.1 Å². The lowest BCUT2D eigenvalue weighted by Gasteiger charge is -2.20. The van der Waals surface area contributed by atoms with Gasteiger partial charge in [0.2, 0.25) is 0 Å². The number of rotatable bonds is 8. The highest BCUT2D eigenvalue weighted by molar-refractivity contribution is 5.93. The third-order valence-corrected chi connectivity index (χ3v) is 5.12. The minimum atomic E-state index is -0.217. The normalized spacial score (nSPS) is 12.8. The van der Waals surface area contributed by atoms with Crippen LogP contribution in [-0.2, 0) is 0 Å². The average molecular weight is 382 g/mol. The Morgan fingerprint density at radius 3 is 2.54 bits per heavy atom. The largest absolute Gasteiger partial charge is 0.387 e. The lowest BCUT2D eigenvalue weighted by Crippen LogP contribution is -2.24. The van der Waals surface area contributed by atoms with E-state index in [2.05, 4.69) is 60.2 Å². The molecule has 0 aliphatic rings. The van der Waals surface area contributed by atoms with E-state index in [1.807, 2.05) is 25.5 Å². The summed E-state index contributed by atoms with van der Waals surface area (Å²) in [6, 6.07) is 4.08. The minimum Gasteiger partial charge on any atom is -0.387 e. The van der Waals surface area contributed by atoms with Crippen LogP contribution in [0, 0.1) is 6.92 Å². The molecule has 0 aliphatic carbocycles. The van der Waals surface area contributed by atoms with Gasteiger partial charge in [-0.15, -0.1) is 0 Å². The van der Waals surface area contributed by atoms with E-state index >= 15 is 0 Å². The quantitative estimate of drug-likeness (QED) is 0.650. The monoisotopic (exact) mass is 381 g/mol. The Kier molecular flexibility index (Phi) is 7.15. The van der Waals surface area contributed by atoms with E-state index in [1.165, 1.54) is 0 Å². The van der Waals surface area contributed by atoms with E-state index in [0.717, 1.165) is 40.2 Å². The first-order chi connectivity index (χ1) is 13.3. The van der Waals surface area contributed by atoms with E-state index < -0.39 is 0 Å². The third kappa shape index (κ3) is 4.68. The zero-order chi connectivity index (χ0) is 20.8. The van der Waals surface area contributed by atoms with Gasteiger partial charge in [0.15, 0.2) is 0 Å². The van der Waals surface area contributed by atoms with Crippen molar-refractivity contribution in [2.24, 2.45) is 0 Å². The molecule has 150 valence electrons. The molecule has 2 heterocycles. The van der Waals surface area contributed by atoms with Crippen molar-refractivity contribution in [3.05, 3.63) is 59.2 Å². The first kappa shape index (κ1) is 21.4. The zero-order valence-corrected chi connectivity index (χ0v) is 17.7. The number of aromatic nitrogens is 2. The minimum absolute atomic E-state index is 0.0273. The molecule has 2 rings (SSSR count). The highest BCUT2D eigenvalue weighted by atomic mass is 16.1. The van der Waals surface area contributed by atoms with Crippen LogP contribution < -0.4 is 16.0 Å². The van der Waals surface area contributed by atoms with Crippen LogP contribution in [0.2, 0.25) is 0 Å². The fourth-order valence-corrected chi connectivity index (χ4v) is 3.06. The van der Waals surface area contributed by atoms with Gasteiger partial charge in [0, 0.05) is 49.2 Å². The van der Waals surface area contributed by atoms with E-state index in [9.17, 15) is 4.79 Å². The summed E-state index contributed by atoms with van der Waals surface area (Å²) in [5.41, 5.74) is 6.01. The Hall–Kier alpha value is -2.89. The molecule has 0 saturated carbocycles. The molecule has 28 heavy (non-hydrogen) atoms. The number of carbonyl (C=O) groups excluding carboxylic acids is 1. The number of pyridine rings is 2. The summed E-state index contributed by atoms with van der Waals surface area (Å²) in [7, 11) is 3.49. The summed E-state index contributed by atoms with van der Waals surface area (Å²) >= 11 is 0. The lowest BCUT2D eigenvalue weighted by atomic mass is 9.93. The van der Waals surface area contributed by atoms with Crippen LogP contribution in [0.25, 0.3) is 5.70 Å². The highest BCUT2D eigenvalue weighted by Gasteiger charge is 2.19. The maximum absolute atomic E-state index is 12.3. The first-order valence-electron chi connectivity index (χ1n) is 9.64. The highest BCUT2D eigenvalue weighted by Crippen LogP contribution is 2.30. The van der Waals surface area contributed by atoms with Gasteiger partial charge in [-0.05, 0) is 43.5 Å². The van der Waals surface area contributed by atoms with Crippen LogP contribution in [0.3, 0.4) is 0 Å². The van der Waals surface area contributed by atoms with Crippen molar-refractivity contribution < 1.29 is 4.79 Å².